The molecule has 0 aromatic heterocycles. The quantitative estimate of drug-likeness (QED) is 0.172. The van der Waals surface area contributed by atoms with E-state index in [9.17, 15) is 24.2 Å². The van der Waals surface area contributed by atoms with Crippen LogP contribution in [0.4, 0.5) is 0 Å². The molecule has 0 spiro atoms. The lowest BCUT2D eigenvalue weighted by atomic mass is 10.1. The van der Waals surface area contributed by atoms with Crippen molar-refractivity contribution in [1.29, 1.82) is 0 Å². The van der Waals surface area contributed by atoms with Crippen molar-refractivity contribution in [1.82, 2.24) is 0 Å². The Bertz CT molecular complexity index is 607. The number of carboxylic acid groups (broad SMARTS) is 1. The van der Waals surface area contributed by atoms with Gasteiger partial charge in [-0.1, -0.05) is 6.92 Å². The zero-order valence-corrected chi connectivity index (χ0v) is 16.3. The normalized spacial score (nSPS) is 21.5. The molecule has 1 unspecified atom stereocenters. The van der Waals surface area contributed by atoms with Gasteiger partial charge in [-0.05, 0) is 0 Å². The fraction of sp³-hybridized carbons (Fsp3) is 0.714. The van der Waals surface area contributed by atoms with Crippen LogP contribution in [0.5, 0.6) is 0 Å². The molecule has 0 saturated heterocycles. The predicted molar refractivity (Wildman–Crippen MR) is 87.9 cm³/mol. The van der Waals surface area contributed by atoms with E-state index in [0.29, 0.717) is 0 Å². The molecule has 0 fully saturated rings. The molecular weight excluding hydrogens is 389 g/mol. The molecule has 0 bridgehead atoms. The molecule has 0 aliphatic carbocycles. The van der Waals surface area contributed by atoms with Gasteiger partial charge in [-0.3, -0.25) is 9.36 Å². The maximum atomic E-state index is 11.0. The zero-order valence-electron chi connectivity index (χ0n) is 15.4. The monoisotopic (exact) mass is 415 g/mol. The Kier molecular flexibility index (Phi) is 9.39. The smallest absolute Gasteiger partial charge is 0.378 e. The van der Waals surface area contributed by atoms with Gasteiger partial charge in [0.1, 0.15) is 6.10 Å². The summed E-state index contributed by atoms with van der Waals surface area (Å²) in [5.41, 5.74) is 0. The number of aliphatic hydroxyl groups excluding tert-OH is 3. The van der Waals surface area contributed by atoms with Crippen LogP contribution in [0, 0.1) is 5.92 Å². The van der Waals surface area contributed by atoms with Crippen LogP contribution < -0.4 is 4.89 Å². The van der Waals surface area contributed by atoms with Crippen molar-refractivity contribution in [3.63, 3.8) is 0 Å². The minimum Gasteiger partial charge on any atom is -0.746 e. The summed E-state index contributed by atoms with van der Waals surface area (Å²) in [6, 6.07) is 0. The SMILES string of the molecule is C[C@H](CC(=O)O)C[N+](C)(C)C.O=C1O[C@H]([C@@H](O)CO)C(O)=C1OP(=O)([O-])O. The van der Waals surface area contributed by atoms with Gasteiger partial charge in [-0.2, -0.15) is 0 Å². The van der Waals surface area contributed by atoms with Crippen LogP contribution in [0.15, 0.2) is 11.5 Å². The molecule has 0 aromatic carbocycles. The second kappa shape index (κ2) is 10.0. The summed E-state index contributed by atoms with van der Waals surface area (Å²) in [6.07, 6.45) is -2.98. The van der Waals surface area contributed by atoms with Gasteiger partial charge in [0, 0.05) is 5.92 Å². The predicted octanol–water partition coefficient (Wildman–Crippen LogP) is -1.68. The Morgan fingerprint density at radius 1 is 1.41 bits per heavy atom. The molecule has 1 rings (SSSR count). The summed E-state index contributed by atoms with van der Waals surface area (Å²) in [5.74, 6) is -3.98. The number of phosphoric ester groups is 1. The molecule has 27 heavy (non-hydrogen) atoms. The average molecular weight is 415 g/mol. The van der Waals surface area contributed by atoms with Gasteiger partial charge in [0.2, 0.25) is 0 Å². The van der Waals surface area contributed by atoms with Crippen molar-refractivity contribution in [2.75, 3.05) is 34.3 Å². The Morgan fingerprint density at radius 2 is 1.93 bits per heavy atom. The molecule has 1 heterocycles. The molecular formula is C14H26NO11P. The molecule has 0 amide bonds. The van der Waals surface area contributed by atoms with E-state index in [4.69, 9.17) is 20.2 Å². The average Bonchev–Trinajstić information content (AvgIpc) is 2.70. The first-order valence-electron chi connectivity index (χ1n) is 7.76. The summed E-state index contributed by atoms with van der Waals surface area (Å²) in [4.78, 5) is 39.9. The standard InChI is InChI=1S/C8H17NO2.C6H9O9P/c1-7(5-8(10)11)6-9(2,3)4;7-1-2(8)4-3(9)5(6(10)14-4)15-16(11,12)13/h7H,5-6H2,1-4H3;2,4,7-9H,1H2,(H2,11,12,13)/t7-;2-,4+/m10/s1. The van der Waals surface area contributed by atoms with Crippen molar-refractivity contribution in [2.24, 2.45) is 5.92 Å². The van der Waals surface area contributed by atoms with Crippen LogP contribution in [0.25, 0.3) is 0 Å². The van der Waals surface area contributed by atoms with Crippen LogP contribution in [0.3, 0.4) is 0 Å². The van der Waals surface area contributed by atoms with Crippen molar-refractivity contribution in [2.45, 2.75) is 25.6 Å². The fourth-order valence-corrected chi connectivity index (χ4v) is 2.71. The van der Waals surface area contributed by atoms with E-state index in [-0.39, 0.29) is 12.3 Å². The van der Waals surface area contributed by atoms with E-state index in [1.165, 1.54) is 0 Å². The number of aliphatic hydroxyl groups is 3. The van der Waals surface area contributed by atoms with Crippen LogP contribution in [-0.2, 0) is 23.4 Å². The number of esters is 1. The number of rotatable bonds is 8. The Labute approximate surface area is 156 Å². The maximum Gasteiger partial charge on any atom is 0.378 e. The second-order valence-corrected chi connectivity index (χ2v) is 8.15. The lowest BCUT2D eigenvalue weighted by Gasteiger charge is -2.26. The first kappa shape index (κ1) is 25.3. The highest BCUT2D eigenvalue weighted by molar-refractivity contribution is 7.44. The number of cyclic esters (lactones) is 1. The van der Waals surface area contributed by atoms with Crippen LogP contribution in [0.1, 0.15) is 13.3 Å². The van der Waals surface area contributed by atoms with Crippen molar-refractivity contribution < 1.29 is 58.1 Å². The van der Waals surface area contributed by atoms with Crippen molar-refractivity contribution >= 4 is 19.8 Å². The molecule has 4 atom stereocenters. The van der Waals surface area contributed by atoms with E-state index in [1.807, 2.05) is 6.92 Å². The molecule has 1 aliphatic rings. The molecule has 5 N–H and O–H groups in total. The number of ether oxygens (including phenoxy) is 1. The second-order valence-electron chi connectivity index (χ2n) is 7.03. The van der Waals surface area contributed by atoms with Gasteiger partial charge >= 0.3 is 19.8 Å². The molecule has 0 radical (unpaired) electrons. The van der Waals surface area contributed by atoms with Gasteiger partial charge in [0.15, 0.2) is 11.9 Å². The third-order valence-electron chi connectivity index (χ3n) is 3.05. The van der Waals surface area contributed by atoms with Gasteiger partial charge in [0.05, 0.1) is 40.7 Å². The molecule has 1 aliphatic heterocycles. The third-order valence-corrected chi connectivity index (χ3v) is 3.46. The summed E-state index contributed by atoms with van der Waals surface area (Å²) >= 11 is 0. The van der Waals surface area contributed by atoms with Gasteiger partial charge in [-0.15, -0.1) is 0 Å². The highest BCUT2D eigenvalue weighted by atomic mass is 31.2. The first-order chi connectivity index (χ1) is 12.1. The maximum absolute atomic E-state index is 11.0. The largest absolute Gasteiger partial charge is 0.746 e. The summed E-state index contributed by atoms with van der Waals surface area (Å²) in [6.45, 7) is 2.05. The molecule has 13 heteroatoms. The van der Waals surface area contributed by atoms with Crippen LogP contribution in [-0.4, -0.2) is 88.2 Å². The van der Waals surface area contributed by atoms with E-state index in [0.717, 1.165) is 11.0 Å². The lowest BCUT2D eigenvalue weighted by molar-refractivity contribution is -0.873. The first-order valence-corrected chi connectivity index (χ1v) is 9.25. The van der Waals surface area contributed by atoms with E-state index >= 15 is 0 Å². The number of quaternary nitrogens is 1. The van der Waals surface area contributed by atoms with E-state index in [2.05, 4.69) is 30.4 Å². The van der Waals surface area contributed by atoms with E-state index in [1.54, 1.807) is 0 Å². The summed E-state index contributed by atoms with van der Waals surface area (Å²) in [5, 5.41) is 35.3. The molecule has 12 nitrogen and oxygen atoms in total. The number of nitrogens with zero attached hydrogens (tertiary/aromatic N) is 1. The highest BCUT2D eigenvalue weighted by Gasteiger charge is 2.41. The number of hydrogen-bond acceptors (Lipinski definition) is 9. The molecule has 0 saturated carbocycles. The lowest BCUT2D eigenvalue weighted by Crippen LogP contribution is -2.38. The fourth-order valence-electron chi connectivity index (χ4n) is 2.31. The number of phosphoric acid groups is 1. The highest BCUT2D eigenvalue weighted by Crippen LogP contribution is 2.38. The van der Waals surface area contributed by atoms with Crippen LogP contribution in [0.2, 0.25) is 0 Å². The van der Waals surface area contributed by atoms with Crippen molar-refractivity contribution in [3.05, 3.63) is 11.5 Å². The van der Waals surface area contributed by atoms with E-state index < -0.39 is 50.1 Å². The molecule has 158 valence electrons. The minimum absolute atomic E-state index is 0.257. The number of carbonyl (C=O) groups excluding carboxylic acids is 1. The Morgan fingerprint density at radius 3 is 2.30 bits per heavy atom. The zero-order chi connectivity index (χ0) is 21.6. The Hall–Kier alpha value is -1.69. The van der Waals surface area contributed by atoms with Crippen molar-refractivity contribution in [3.8, 4) is 0 Å². The van der Waals surface area contributed by atoms with Gasteiger partial charge in [0.25, 0.3) is 5.76 Å². The van der Waals surface area contributed by atoms with Crippen LogP contribution >= 0.6 is 7.82 Å². The Balaban J connectivity index is 0.000000541. The number of hydrogen-bond donors (Lipinski definition) is 5. The van der Waals surface area contributed by atoms with Gasteiger partial charge < -0.3 is 44.0 Å². The third kappa shape index (κ3) is 10.3. The summed E-state index contributed by atoms with van der Waals surface area (Å²) in [7, 11) is 0.936. The van der Waals surface area contributed by atoms with Gasteiger partial charge in [-0.25, -0.2) is 4.79 Å². The number of carbonyl (C=O) groups is 2. The summed E-state index contributed by atoms with van der Waals surface area (Å²) < 4.78 is 19.2. The number of aliphatic carboxylic acids is 1. The molecule has 0 aromatic rings. The number of carboxylic acids is 1. The minimum atomic E-state index is -5.27. The topological polar surface area (TPSA) is 194 Å².